The van der Waals surface area contributed by atoms with E-state index in [1.54, 1.807) is 12.0 Å². The number of halogens is 4. The number of methoxy groups -OCH3 is 1. The molecule has 1 N–H and O–H groups in total. The van der Waals surface area contributed by atoms with E-state index < -0.39 is 17.5 Å². The lowest BCUT2D eigenvalue weighted by atomic mass is 9.90. The molecule has 0 aliphatic carbocycles. The number of nitrogens with one attached hydrogen (secondary N) is 1. The highest BCUT2D eigenvalue weighted by atomic mass is 35.5. The van der Waals surface area contributed by atoms with E-state index >= 15 is 0 Å². The number of carbonyl (C=O) groups is 1. The van der Waals surface area contributed by atoms with Crippen LogP contribution >= 0.6 is 35.6 Å². The molecule has 2 fully saturated rings. The van der Waals surface area contributed by atoms with Crippen LogP contribution in [0.3, 0.4) is 0 Å². The summed E-state index contributed by atoms with van der Waals surface area (Å²) in [6.07, 6.45) is 0.758. The summed E-state index contributed by atoms with van der Waals surface area (Å²) < 4.78 is 25.2. The third-order valence-electron chi connectivity index (χ3n) is 4.93. The molecule has 0 radical (unpaired) electrons. The van der Waals surface area contributed by atoms with Gasteiger partial charge in [0.1, 0.15) is 17.5 Å². The van der Waals surface area contributed by atoms with Crippen LogP contribution in [0.4, 0.5) is 4.39 Å². The lowest BCUT2D eigenvalue weighted by Crippen LogP contribution is -2.57. The Hall–Kier alpha value is -0.630. The SMILES string of the molecule is COC1(C(=O)N2CCOC(c3cc(F)c(Cl)cc3Cl)C2)CCNCC1.Cl. The van der Waals surface area contributed by atoms with Crippen LogP contribution in [0.25, 0.3) is 0 Å². The fraction of sp³-hybridized carbons (Fsp3) is 0.588. The molecule has 3 rings (SSSR count). The minimum Gasteiger partial charge on any atom is -0.370 e. The summed E-state index contributed by atoms with van der Waals surface area (Å²) in [5, 5.41) is 3.53. The normalized spacial score (nSPS) is 22.6. The molecule has 2 heterocycles. The Morgan fingerprint density at radius 3 is 2.69 bits per heavy atom. The Balaban J connectivity index is 0.00000243. The summed E-state index contributed by atoms with van der Waals surface area (Å²) in [7, 11) is 1.58. The first-order valence-electron chi connectivity index (χ1n) is 8.28. The van der Waals surface area contributed by atoms with Crippen LogP contribution in [0.1, 0.15) is 24.5 Å². The molecule has 146 valence electrons. The first-order valence-corrected chi connectivity index (χ1v) is 9.04. The Morgan fingerprint density at radius 2 is 2.04 bits per heavy atom. The molecule has 26 heavy (non-hydrogen) atoms. The van der Waals surface area contributed by atoms with Crippen molar-refractivity contribution in [3.05, 3.63) is 33.6 Å². The van der Waals surface area contributed by atoms with Gasteiger partial charge in [0.25, 0.3) is 5.91 Å². The number of nitrogens with zero attached hydrogens (tertiary/aromatic N) is 1. The maximum atomic E-state index is 13.8. The second-order valence-electron chi connectivity index (χ2n) is 6.35. The zero-order valence-electron chi connectivity index (χ0n) is 14.4. The van der Waals surface area contributed by atoms with Crippen LogP contribution in [0.15, 0.2) is 12.1 Å². The second-order valence-corrected chi connectivity index (χ2v) is 7.16. The van der Waals surface area contributed by atoms with E-state index in [1.165, 1.54) is 12.1 Å². The Labute approximate surface area is 168 Å². The van der Waals surface area contributed by atoms with Crippen LogP contribution < -0.4 is 5.32 Å². The van der Waals surface area contributed by atoms with Gasteiger partial charge in [0.2, 0.25) is 0 Å². The average molecular weight is 428 g/mol. The summed E-state index contributed by atoms with van der Waals surface area (Å²) in [6.45, 7) is 2.61. The van der Waals surface area contributed by atoms with Crippen LogP contribution in [0.5, 0.6) is 0 Å². The van der Waals surface area contributed by atoms with Crippen molar-refractivity contribution in [2.75, 3.05) is 39.9 Å². The van der Waals surface area contributed by atoms with Crippen LogP contribution in [0, 0.1) is 5.82 Å². The number of amides is 1. The van der Waals surface area contributed by atoms with Crippen molar-refractivity contribution in [2.24, 2.45) is 0 Å². The van der Waals surface area contributed by atoms with E-state index in [0.29, 0.717) is 43.1 Å². The minimum atomic E-state index is -0.803. The highest BCUT2D eigenvalue weighted by Crippen LogP contribution is 2.34. The van der Waals surface area contributed by atoms with Crippen molar-refractivity contribution in [1.82, 2.24) is 10.2 Å². The van der Waals surface area contributed by atoms with E-state index in [4.69, 9.17) is 32.7 Å². The summed E-state index contributed by atoms with van der Waals surface area (Å²) in [4.78, 5) is 14.8. The monoisotopic (exact) mass is 426 g/mol. The molecule has 2 aliphatic rings. The van der Waals surface area contributed by atoms with Crippen molar-refractivity contribution in [3.8, 4) is 0 Å². The van der Waals surface area contributed by atoms with Crippen molar-refractivity contribution >= 4 is 41.5 Å². The first kappa shape index (κ1) is 21.7. The van der Waals surface area contributed by atoms with Crippen molar-refractivity contribution in [2.45, 2.75) is 24.5 Å². The molecule has 9 heteroatoms. The Kier molecular flexibility index (Phi) is 7.53. The minimum absolute atomic E-state index is 0. The second kappa shape index (κ2) is 9.04. The van der Waals surface area contributed by atoms with Gasteiger partial charge in [-0.1, -0.05) is 23.2 Å². The van der Waals surface area contributed by atoms with Crippen LogP contribution in [-0.4, -0.2) is 56.3 Å². The van der Waals surface area contributed by atoms with Gasteiger partial charge in [0, 0.05) is 24.2 Å². The molecule has 2 saturated heterocycles. The fourth-order valence-electron chi connectivity index (χ4n) is 3.43. The zero-order chi connectivity index (χ0) is 18.0. The van der Waals surface area contributed by atoms with Crippen LogP contribution in [0.2, 0.25) is 10.0 Å². The number of hydrogen-bond donors (Lipinski definition) is 1. The number of rotatable bonds is 3. The Bertz CT molecular complexity index is 656. The smallest absolute Gasteiger partial charge is 0.255 e. The van der Waals surface area contributed by atoms with Gasteiger partial charge in [-0.25, -0.2) is 4.39 Å². The van der Waals surface area contributed by atoms with Gasteiger partial charge < -0.3 is 19.7 Å². The van der Waals surface area contributed by atoms with Gasteiger partial charge in [0.15, 0.2) is 0 Å². The van der Waals surface area contributed by atoms with E-state index in [9.17, 15) is 9.18 Å². The third-order valence-corrected chi connectivity index (χ3v) is 5.55. The number of piperidine rings is 1. The molecule has 1 aromatic rings. The van der Waals surface area contributed by atoms with Crippen molar-refractivity contribution < 1.29 is 18.7 Å². The summed E-state index contributed by atoms with van der Waals surface area (Å²) in [5.41, 5.74) is -0.305. The maximum absolute atomic E-state index is 13.8. The molecule has 2 aliphatic heterocycles. The molecule has 0 aromatic heterocycles. The predicted octanol–water partition coefficient (Wildman–Crippen LogP) is 3.22. The molecule has 5 nitrogen and oxygen atoms in total. The summed E-state index contributed by atoms with van der Waals surface area (Å²) >= 11 is 12.0. The number of carbonyl (C=O) groups excluding carboxylic acids is 1. The van der Waals surface area contributed by atoms with E-state index in [0.717, 1.165) is 13.1 Å². The van der Waals surface area contributed by atoms with Crippen LogP contribution in [-0.2, 0) is 14.3 Å². The van der Waals surface area contributed by atoms with Gasteiger partial charge in [0.05, 0.1) is 18.2 Å². The molecule has 1 unspecified atom stereocenters. The van der Waals surface area contributed by atoms with Gasteiger partial charge in [-0.05, 0) is 38.1 Å². The number of benzene rings is 1. The number of morpholine rings is 1. The summed E-state index contributed by atoms with van der Waals surface area (Å²) in [6, 6.07) is 2.64. The Morgan fingerprint density at radius 1 is 1.35 bits per heavy atom. The number of hydrogen-bond acceptors (Lipinski definition) is 4. The first-order chi connectivity index (χ1) is 12.0. The molecule has 1 amide bonds. The maximum Gasteiger partial charge on any atom is 0.255 e. The van der Waals surface area contributed by atoms with Gasteiger partial charge in [-0.3, -0.25) is 4.79 Å². The van der Waals surface area contributed by atoms with Gasteiger partial charge in [-0.15, -0.1) is 12.4 Å². The molecule has 0 saturated carbocycles. The standard InChI is InChI=1S/C17H21Cl2FN2O3.ClH/c1-24-17(2-4-21-5-3-17)16(23)22-6-7-25-15(10-22)11-8-14(20)13(19)9-12(11)18;/h8-9,15,21H,2-7,10H2,1H3;1H. The van der Waals surface area contributed by atoms with E-state index in [1.807, 2.05) is 0 Å². The molecular formula is C17H22Cl3FN2O3. The van der Waals surface area contributed by atoms with E-state index in [2.05, 4.69) is 5.32 Å². The van der Waals surface area contributed by atoms with Gasteiger partial charge >= 0.3 is 0 Å². The molecule has 1 atom stereocenters. The topological polar surface area (TPSA) is 50.8 Å². The van der Waals surface area contributed by atoms with Crippen molar-refractivity contribution in [3.63, 3.8) is 0 Å². The highest BCUT2D eigenvalue weighted by molar-refractivity contribution is 6.35. The van der Waals surface area contributed by atoms with Gasteiger partial charge in [-0.2, -0.15) is 0 Å². The number of ether oxygens (including phenoxy) is 2. The van der Waals surface area contributed by atoms with Crippen molar-refractivity contribution in [1.29, 1.82) is 0 Å². The molecule has 0 spiro atoms. The van der Waals surface area contributed by atoms with E-state index in [-0.39, 0.29) is 23.3 Å². The summed E-state index contributed by atoms with van der Waals surface area (Å²) in [5.74, 6) is -0.602. The fourth-order valence-corrected chi connectivity index (χ4v) is 3.94. The zero-order valence-corrected chi connectivity index (χ0v) is 16.7. The third kappa shape index (κ3) is 4.26. The highest BCUT2D eigenvalue weighted by Gasteiger charge is 2.43. The largest absolute Gasteiger partial charge is 0.370 e. The average Bonchev–Trinajstić information content (AvgIpc) is 2.64. The lowest BCUT2D eigenvalue weighted by molar-refractivity contribution is -0.165. The molecule has 0 bridgehead atoms. The predicted molar refractivity (Wildman–Crippen MR) is 101 cm³/mol. The quantitative estimate of drug-likeness (QED) is 0.753. The molecular weight excluding hydrogens is 406 g/mol. The lowest BCUT2D eigenvalue weighted by Gasteiger charge is -2.41. The molecule has 1 aromatic carbocycles.